The molecule has 0 saturated carbocycles. The SMILES string of the molecule is Cc1noc(C)c1CNCc1cc(Cl)ccc1OC(F)F. The van der Waals surface area contributed by atoms with Gasteiger partial charge in [-0.1, -0.05) is 16.8 Å². The first kappa shape index (κ1) is 15.7. The van der Waals surface area contributed by atoms with E-state index in [1.165, 1.54) is 12.1 Å². The van der Waals surface area contributed by atoms with Crippen LogP contribution < -0.4 is 10.1 Å². The summed E-state index contributed by atoms with van der Waals surface area (Å²) in [6.07, 6.45) is 0. The van der Waals surface area contributed by atoms with Crippen LogP contribution >= 0.6 is 11.6 Å². The Balaban J connectivity index is 2.04. The minimum atomic E-state index is -2.87. The fourth-order valence-corrected chi connectivity index (χ4v) is 2.17. The van der Waals surface area contributed by atoms with Gasteiger partial charge in [0.2, 0.25) is 0 Å². The lowest BCUT2D eigenvalue weighted by molar-refractivity contribution is -0.0505. The first-order chi connectivity index (χ1) is 9.97. The van der Waals surface area contributed by atoms with Crippen molar-refractivity contribution in [1.82, 2.24) is 10.5 Å². The Morgan fingerprint density at radius 2 is 2.10 bits per heavy atom. The number of ether oxygens (including phenoxy) is 1. The van der Waals surface area contributed by atoms with E-state index in [1.54, 1.807) is 6.07 Å². The van der Waals surface area contributed by atoms with E-state index in [0.29, 0.717) is 23.7 Å². The van der Waals surface area contributed by atoms with Gasteiger partial charge in [0.25, 0.3) is 0 Å². The number of nitrogens with zero attached hydrogens (tertiary/aromatic N) is 1. The van der Waals surface area contributed by atoms with Gasteiger partial charge >= 0.3 is 6.61 Å². The average Bonchev–Trinajstić information content (AvgIpc) is 2.73. The van der Waals surface area contributed by atoms with E-state index >= 15 is 0 Å². The molecule has 1 aromatic carbocycles. The van der Waals surface area contributed by atoms with Gasteiger partial charge in [-0.05, 0) is 32.0 Å². The summed E-state index contributed by atoms with van der Waals surface area (Å²) in [7, 11) is 0. The summed E-state index contributed by atoms with van der Waals surface area (Å²) < 4.78 is 34.2. The van der Waals surface area contributed by atoms with Crippen molar-refractivity contribution < 1.29 is 18.0 Å². The molecule has 0 atom stereocenters. The maximum absolute atomic E-state index is 12.4. The summed E-state index contributed by atoms with van der Waals surface area (Å²) in [5, 5.41) is 7.46. The zero-order valence-electron chi connectivity index (χ0n) is 11.6. The molecule has 114 valence electrons. The minimum Gasteiger partial charge on any atom is -0.434 e. The van der Waals surface area contributed by atoms with Crippen LogP contribution in [0.3, 0.4) is 0 Å². The number of hydrogen-bond donors (Lipinski definition) is 1. The largest absolute Gasteiger partial charge is 0.434 e. The summed E-state index contributed by atoms with van der Waals surface area (Å²) in [5.41, 5.74) is 2.32. The van der Waals surface area contributed by atoms with Crippen LogP contribution in [0, 0.1) is 13.8 Å². The van der Waals surface area contributed by atoms with E-state index in [9.17, 15) is 8.78 Å². The van der Waals surface area contributed by atoms with E-state index in [0.717, 1.165) is 17.0 Å². The predicted molar refractivity (Wildman–Crippen MR) is 74.6 cm³/mol. The number of alkyl halides is 2. The highest BCUT2D eigenvalue weighted by Crippen LogP contribution is 2.24. The zero-order valence-corrected chi connectivity index (χ0v) is 12.4. The van der Waals surface area contributed by atoms with Crippen molar-refractivity contribution in [3.63, 3.8) is 0 Å². The molecule has 1 heterocycles. The monoisotopic (exact) mass is 316 g/mol. The second-order valence-corrected chi connectivity index (χ2v) is 4.97. The first-order valence-corrected chi connectivity index (χ1v) is 6.71. The molecule has 0 aliphatic carbocycles. The molecular weight excluding hydrogens is 302 g/mol. The zero-order chi connectivity index (χ0) is 15.4. The van der Waals surface area contributed by atoms with Crippen LogP contribution in [0.2, 0.25) is 5.02 Å². The summed E-state index contributed by atoms with van der Waals surface area (Å²) in [6.45, 7) is 1.65. The molecule has 2 aromatic rings. The molecule has 0 fully saturated rings. The smallest absolute Gasteiger partial charge is 0.387 e. The topological polar surface area (TPSA) is 47.3 Å². The van der Waals surface area contributed by atoms with Crippen molar-refractivity contribution in [2.24, 2.45) is 0 Å². The van der Waals surface area contributed by atoms with Gasteiger partial charge in [-0.25, -0.2) is 0 Å². The fraction of sp³-hybridized carbons (Fsp3) is 0.357. The Bertz CT molecular complexity index is 598. The van der Waals surface area contributed by atoms with Crippen LogP contribution in [0.15, 0.2) is 22.7 Å². The Hall–Kier alpha value is -1.66. The number of hydrogen-bond acceptors (Lipinski definition) is 4. The minimum absolute atomic E-state index is 0.112. The molecule has 2 rings (SSSR count). The molecule has 0 aliphatic rings. The van der Waals surface area contributed by atoms with Crippen LogP contribution in [0.4, 0.5) is 8.78 Å². The number of halogens is 3. The van der Waals surface area contributed by atoms with Gasteiger partial charge in [0.1, 0.15) is 11.5 Å². The van der Waals surface area contributed by atoms with E-state index in [4.69, 9.17) is 16.1 Å². The van der Waals surface area contributed by atoms with E-state index < -0.39 is 6.61 Å². The van der Waals surface area contributed by atoms with Crippen molar-refractivity contribution in [2.75, 3.05) is 0 Å². The van der Waals surface area contributed by atoms with Gasteiger partial charge in [-0.3, -0.25) is 0 Å². The van der Waals surface area contributed by atoms with Crippen LogP contribution in [0.25, 0.3) is 0 Å². The normalized spacial score (nSPS) is 11.1. The summed E-state index contributed by atoms with van der Waals surface area (Å²) >= 11 is 5.89. The van der Waals surface area contributed by atoms with Gasteiger partial charge in [0.15, 0.2) is 0 Å². The molecule has 0 bridgehead atoms. The summed E-state index contributed by atoms with van der Waals surface area (Å²) in [6, 6.07) is 4.54. The van der Waals surface area contributed by atoms with Crippen LogP contribution in [0.1, 0.15) is 22.6 Å². The Labute approximate surface area is 126 Å². The summed E-state index contributed by atoms with van der Waals surface area (Å²) in [5.74, 6) is 0.843. The third-order valence-electron chi connectivity index (χ3n) is 3.04. The molecule has 0 unspecified atom stereocenters. The second kappa shape index (κ2) is 6.87. The standard InChI is InChI=1S/C14H15ClF2N2O2/c1-8-12(9(2)21-19-8)7-18-6-10-5-11(15)3-4-13(10)20-14(16)17/h3-5,14,18H,6-7H2,1-2H3. The van der Waals surface area contributed by atoms with Gasteiger partial charge < -0.3 is 14.6 Å². The molecule has 1 aromatic heterocycles. The van der Waals surface area contributed by atoms with Crippen LogP contribution in [-0.2, 0) is 13.1 Å². The third-order valence-corrected chi connectivity index (χ3v) is 3.27. The molecule has 0 radical (unpaired) electrons. The number of aryl methyl sites for hydroxylation is 2. The van der Waals surface area contributed by atoms with E-state index in [-0.39, 0.29) is 5.75 Å². The van der Waals surface area contributed by atoms with Crippen LogP contribution in [-0.4, -0.2) is 11.8 Å². The Morgan fingerprint density at radius 3 is 2.71 bits per heavy atom. The molecule has 0 amide bonds. The van der Waals surface area contributed by atoms with Crippen molar-refractivity contribution in [3.8, 4) is 5.75 Å². The lowest BCUT2D eigenvalue weighted by Crippen LogP contribution is -2.15. The highest BCUT2D eigenvalue weighted by Gasteiger charge is 2.12. The van der Waals surface area contributed by atoms with Crippen molar-refractivity contribution in [3.05, 3.63) is 45.8 Å². The number of nitrogens with one attached hydrogen (secondary N) is 1. The first-order valence-electron chi connectivity index (χ1n) is 6.33. The maximum Gasteiger partial charge on any atom is 0.387 e. The lowest BCUT2D eigenvalue weighted by Gasteiger charge is -2.12. The highest BCUT2D eigenvalue weighted by molar-refractivity contribution is 6.30. The molecule has 0 saturated heterocycles. The molecule has 0 aliphatic heterocycles. The molecule has 21 heavy (non-hydrogen) atoms. The second-order valence-electron chi connectivity index (χ2n) is 4.54. The number of aromatic nitrogens is 1. The fourth-order valence-electron chi connectivity index (χ4n) is 1.97. The third kappa shape index (κ3) is 4.15. The highest BCUT2D eigenvalue weighted by atomic mass is 35.5. The van der Waals surface area contributed by atoms with Crippen LogP contribution in [0.5, 0.6) is 5.75 Å². The Morgan fingerprint density at radius 1 is 1.33 bits per heavy atom. The van der Waals surface area contributed by atoms with Crippen molar-refractivity contribution in [2.45, 2.75) is 33.5 Å². The lowest BCUT2D eigenvalue weighted by atomic mass is 10.1. The summed E-state index contributed by atoms with van der Waals surface area (Å²) in [4.78, 5) is 0. The Kier molecular flexibility index (Phi) is 5.14. The van der Waals surface area contributed by atoms with Crippen molar-refractivity contribution in [1.29, 1.82) is 0 Å². The molecule has 1 N–H and O–H groups in total. The van der Waals surface area contributed by atoms with Gasteiger partial charge in [0, 0.05) is 29.2 Å². The van der Waals surface area contributed by atoms with Gasteiger partial charge in [-0.15, -0.1) is 0 Å². The maximum atomic E-state index is 12.4. The van der Waals surface area contributed by atoms with Gasteiger partial charge in [0.05, 0.1) is 5.69 Å². The molecule has 4 nitrogen and oxygen atoms in total. The van der Waals surface area contributed by atoms with E-state index in [1.807, 2.05) is 13.8 Å². The molecule has 7 heteroatoms. The molecule has 0 spiro atoms. The predicted octanol–water partition coefficient (Wildman–Crippen LogP) is 3.84. The average molecular weight is 317 g/mol. The number of rotatable bonds is 6. The van der Waals surface area contributed by atoms with Crippen molar-refractivity contribution >= 4 is 11.6 Å². The number of benzene rings is 1. The quantitative estimate of drug-likeness (QED) is 0.879. The van der Waals surface area contributed by atoms with E-state index in [2.05, 4.69) is 15.2 Å². The van der Waals surface area contributed by atoms with Gasteiger partial charge in [-0.2, -0.15) is 8.78 Å². The molecular formula is C14H15ClF2N2O2.